The number of aromatic nitrogens is 2. The predicted molar refractivity (Wildman–Crippen MR) is 85.2 cm³/mol. The monoisotopic (exact) mass is 369 g/mol. The summed E-state index contributed by atoms with van der Waals surface area (Å²) in [6, 6.07) is 4.37. The van der Waals surface area contributed by atoms with E-state index in [1.807, 2.05) is 6.92 Å². The van der Waals surface area contributed by atoms with Gasteiger partial charge >= 0.3 is 12.1 Å². The standard InChI is InChI=1S/C17H15F4N3O2/c1-9-4-5-24(9)16-22-13(8-14(23-16)17(19,20)21)11-3-2-10(7-15(25)26)12(18)6-11/h2-3,6,8-9H,4-5,7H2,1H3,(H,25,26)/t9-/m0/s1. The van der Waals surface area contributed by atoms with Gasteiger partial charge in [0.25, 0.3) is 0 Å². The van der Waals surface area contributed by atoms with Crippen molar-refractivity contribution in [2.75, 3.05) is 11.4 Å². The molecule has 3 rings (SSSR count). The third kappa shape index (κ3) is 3.61. The summed E-state index contributed by atoms with van der Waals surface area (Å²) in [6.45, 7) is 2.40. The van der Waals surface area contributed by atoms with Crippen LogP contribution in [0.25, 0.3) is 11.3 Å². The van der Waals surface area contributed by atoms with Crippen LogP contribution in [0.15, 0.2) is 24.3 Å². The van der Waals surface area contributed by atoms with Crippen molar-refractivity contribution in [2.24, 2.45) is 0 Å². The minimum absolute atomic E-state index is 0.0287. The van der Waals surface area contributed by atoms with Crippen molar-refractivity contribution in [3.05, 3.63) is 41.3 Å². The zero-order valence-corrected chi connectivity index (χ0v) is 13.7. The molecule has 9 heteroatoms. The van der Waals surface area contributed by atoms with Crippen molar-refractivity contribution in [3.8, 4) is 11.3 Å². The molecule has 26 heavy (non-hydrogen) atoms. The second kappa shape index (κ2) is 6.54. The Hall–Kier alpha value is -2.71. The lowest BCUT2D eigenvalue weighted by atomic mass is 10.0. The molecule has 1 aromatic heterocycles. The maximum absolute atomic E-state index is 14.1. The lowest BCUT2D eigenvalue weighted by Gasteiger charge is -2.39. The van der Waals surface area contributed by atoms with Crippen LogP contribution in [0, 0.1) is 5.82 Å². The van der Waals surface area contributed by atoms with Crippen LogP contribution >= 0.6 is 0 Å². The second-order valence-electron chi connectivity index (χ2n) is 6.14. The molecule has 1 atom stereocenters. The van der Waals surface area contributed by atoms with E-state index >= 15 is 0 Å². The van der Waals surface area contributed by atoms with Gasteiger partial charge in [0.2, 0.25) is 5.95 Å². The summed E-state index contributed by atoms with van der Waals surface area (Å²) in [4.78, 5) is 20.1. The van der Waals surface area contributed by atoms with Crippen LogP contribution in [0.1, 0.15) is 24.6 Å². The van der Waals surface area contributed by atoms with Crippen LogP contribution in [0.5, 0.6) is 0 Å². The van der Waals surface area contributed by atoms with Gasteiger partial charge in [0.1, 0.15) is 5.82 Å². The minimum Gasteiger partial charge on any atom is -0.481 e. The van der Waals surface area contributed by atoms with Gasteiger partial charge in [-0.1, -0.05) is 12.1 Å². The number of rotatable bonds is 4. The Morgan fingerprint density at radius 2 is 2.04 bits per heavy atom. The smallest absolute Gasteiger partial charge is 0.433 e. The van der Waals surface area contributed by atoms with Gasteiger partial charge in [0.15, 0.2) is 5.69 Å². The van der Waals surface area contributed by atoms with E-state index in [0.717, 1.165) is 18.6 Å². The molecule has 5 nitrogen and oxygen atoms in total. The number of alkyl halides is 3. The maximum atomic E-state index is 14.1. The number of hydrogen-bond acceptors (Lipinski definition) is 4. The fourth-order valence-corrected chi connectivity index (χ4v) is 2.68. The van der Waals surface area contributed by atoms with Gasteiger partial charge in [-0.05, 0) is 31.0 Å². The van der Waals surface area contributed by atoms with Gasteiger partial charge < -0.3 is 10.0 Å². The van der Waals surface area contributed by atoms with E-state index in [2.05, 4.69) is 9.97 Å². The summed E-state index contributed by atoms with van der Waals surface area (Å²) in [5.41, 5.74) is -1.10. The Morgan fingerprint density at radius 3 is 2.54 bits per heavy atom. The summed E-state index contributed by atoms with van der Waals surface area (Å²) in [5.74, 6) is -2.06. The fourth-order valence-electron chi connectivity index (χ4n) is 2.68. The number of nitrogens with zero attached hydrogens (tertiary/aromatic N) is 3. The Morgan fingerprint density at radius 1 is 1.31 bits per heavy atom. The van der Waals surface area contributed by atoms with Crippen molar-refractivity contribution < 1.29 is 27.5 Å². The topological polar surface area (TPSA) is 66.3 Å². The lowest BCUT2D eigenvalue weighted by molar-refractivity contribution is -0.141. The highest BCUT2D eigenvalue weighted by atomic mass is 19.4. The number of carbonyl (C=O) groups is 1. The number of halogens is 4. The predicted octanol–water partition coefficient (Wildman–Crippen LogP) is 3.53. The fraction of sp³-hybridized carbons (Fsp3) is 0.353. The van der Waals surface area contributed by atoms with Crippen molar-refractivity contribution >= 4 is 11.9 Å². The van der Waals surface area contributed by atoms with Gasteiger partial charge in [-0.15, -0.1) is 0 Å². The summed E-state index contributed by atoms with van der Waals surface area (Å²) >= 11 is 0. The van der Waals surface area contributed by atoms with E-state index in [9.17, 15) is 22.4 Å². The molecule has 1 saturated heterocycles. The summed E-state index contributed by atoms with van der Waals surface area (Å²) in [5, 5.41) is 8.74. The van der Waals surface area contributed by atoms with E-state index in [1.54, 1.807) is 4.90 Å². The Kier molecular flexibility index (Phi) is 4.55. The van der Waals surface area contributed by atoms with Gasteiger partial charge in [0.05, 0.1) is 12.1 Å². The van der Waals surface area contributed by atoms with Crippen LogP contribution in [-0.4, -0.2) is 33.6 Å². The first-order valence-electron chi connectivity index (χ1n) is 7.88. The molecule has 0 bridgehead atoms. The number of carboxylic acids is 1. The third-order valence-electron chi connectivity index (χ3n) is 4.27. The molecule has 1 aromatic carbocycles. The SMILES string of the molecule is C[C@H]1CCN1c1nc(-c2ccc(CC(=O)O)c(F)c2)cc(C(F)(F)F)n1. The largest absolute Gasteiger partial charge is 0.481 e. The molecule has 0 saturated carbocycles. The molecule has 0 spiro atoms. The van der Waals surface area contributed by atoms with E-state index in [0.29, 0.717) is 6.54 Å². The number of carboxylic acid groups (broad SMARTS) is 1. The zero-order chi connectivity index (χ0) is 19.1. The van der Waals surface area contributed by atoms with Gasteiger partial charge in [-0.3, -0.25) is 4.79 Å². The highest BCUT2D eigenvalue weighted by molar-refractivity contribution is 5.71. The van der Waals surface area contributed by atoms with Crippen LogP contribution in [0.4, 0.5) is 23.5 Å². The zero-order valence-electron chi connectivity index (χ0n) is 13.7. The lowest BCUT2D eigenvalue weighted by Crippen LogP contribution is -2.46. The molecule has 1 aliphatic rings. The minimum atomic E-state index is -4.66. The molecular weight excluding hydrogens is 354 g/mol. The van der Waals surface area contributed by atoms with Crippen molar-refractivity contribution in [3.63, 3.8) is 0 Å². The second-order valence-corrected chi connectivity index (χ2v) is 6.14. The van der Waals surface area contributed by atoms with Crippen molar-refractivity contribution in [1.29, 1.82) is 0 Å². The summed E-state index contributed by atoms with van der Waals surface area (Å²) in [7, 11) is 0. The Bertz CT molecular complexity index is 854. The molecule has 0 unspecified atom stereocenters. The highest BCUT2D eigenvalue weighted by Crippen LogP contribution is 2.34. The molecule has 1 N–H and O–H groups in total. The number of anilines is 1. The Labute approximate surface area is 146 Å². The molecule has 138 valence electrons. The summed E-state index contributed by atoms with van der Waals surface area (Å²) in [6.07, 6.45) is -4.35. The van der Waals surface area contributed by atoms with Crippen LogP contribution in [0.2, 0.25) is 0 Å². The highest BCUT2D eigenvalue weighted by Gasteiger charge is 2.36. The third-order valence-corrected chi connectivity index (χ3v) is 4.27. The van der Waals surface area contributed by atoms with E-state index in [4.69, 9.17) is 5.11 Å². The Balaban J connectivity index is 2.05. The first-order chi connectivity index (χ1) is 12.1. The number of aliphatic carboxylic acids is 1. The van der Waals surface area contributed by atoms with Gasteiger partial charge in [-0.2, -0.15) is 13.2 Å². The molecule has 2 heterocycles. The molecule has 0 amide bonds. The number of benzene rings is 1. The molecule has 2 aromatic rings. The molecular formula is C17H15F4N3O2. The van der Waals surface area contributed by atoms with Crippen molar-refractivity contribution in [2.45, 2.75) is 32.0 Å². The van der Waals surface area contributed by atoms with Gasteiger partial charge in [0, 0.05) is 18.2 Å². The molecule has 0 radical (unpaired) electrons. The molecule has 1 aliphatic heterocycles. The molecule has 1 fully saturated rings. The van der Waals surface area contributed by atoms with Gasteiger partial charge in [-0.25, -0.2) is 14.4 Å². The maximum Gasteiger partial charge on any atom is 0.433 e. The van der Waals surface area contributed by atoms with E-state index < -0.39 is 30.1 Å². The first-order valence-corrected chi connectivity index (χ1v) is 7.88. The quantitative estimate of drug-likeness (QED) is 0.836. The first kappa shape index (κ1) is 18.1. The molecule has 0 aliphatic carbocycles. The number of hydrogen-bond donors (Lipinski definition) is 1. The van der Waals surface area contributed by atoms with Crippen LogP contribution < -0.4 is 4.90 Å². The van der Waals surface area contributed by atoms with Crippen LogP contribution in [-0.2, 0) is 17.4 Å². The van der Waals surface area contributed by atoms with Crippen LogP contribution in [0.3, 0.4) is 0 Å². The van der Waals surface area contributed by atoms with E-state index in [-0.39, 0.29) is 28.8 Å². The summed E-state index contributed by atoms with van der Waals surface area (Å²) < 4.78 is 53.6. The average molecular weight is 369 g/mol. The van der Waals surface area contributed by atoms with Crippen molar-refractivity contribution in [1.82, 2.24) is 9.97 Å². The van der Waals surface area contributed by atoms with E-state index in [1.165, 1.54) is 12.1 Å². The normalized spacial score (nSPS) is 17.1. The average Bonchev–Trinajstić information content (AvgIpc) is 2.54.